The van der Waals surface area contributed by atoms with Crippen LogP contribution in [-0.4, -0.2) is 60.1 Å². The first-order chi connectivity index (χ1) is 12.2. The first kappa shape index (κ1) is 18.3. The second-order valence-electron chi connectivity index (χ2n) is 6.49. The lowest BCUT2D eigenvalue weighted by atomic mass is 10.1. The van der Waals surface area contributed by atoms with Crippen molar-refractivity contribution in [1.29, 1.82) is 0 Å². The lowest BCUT2D eigenvalue weighted by Gasteiger charge is -2.32. The predicted octanol–water partition coefficient (Wildman–Crippen LogP) is 1.34. The number of hydrogen-bond donors (Lipinski definition) is 1. The number of carbonyl (C=O) groups excluding carboxylic acids is 2. The maximum Gasteiger partial charge on any atom is 0.240 e. The Labute approximate surface area is 151 Å². The summed E-state index contributed by atoms with van der Waals surface area (Å²) in [4.78, 5) is 30.3. The van der Waals surface area contributed by atoms with Gasteiger partial charge in [-0.25, -0.2) is 4.98 Å². The molecular weight excluding hydrogens is 342 g/mol. The fourth-order valence-electron chi connectivity index (χ4n) is 3.19. The third-order valence-electron chi connectivity index (χ3n) is 4.57. The lowest BCUT2D eigenvalue weighted by molar-refractivity contribution is -0.137. The SMILES string of the molecule is O=C(CN1CCCCCC1=O)N[C@@H]1COCC[C@@H]1OCc1cscn1. The number of carbonyl (C=O) groups is 2. The van der Waals surface area contributed by atoms with Gasteiger partial charge < -0.3 is 19.7 Å². The normalized spacial score (nSPS) is 24.8. The Bertz CT molecular complexity index is 566. The van der Waals surface area contributed by atoms with E-state index in [2.05, 4.69) is 10.3 Å². The Kier molecular flexibility index (Phi) is 6.77. The van der Waals surface area contributed by atoms with Crippen molar-refractivity contribution in [1.82, 2.24) is 15.2 Å². The van der Waals surface area contributed by atoms with Crippen molar-refractivity contribution in [3.63, 3.8) is 0 Å². The molecule has 0 aliphatic carbocycles. The average Bonchev–Trinajstić information content (AvgIpc) is 3.05. The molecule has 8 heteroatoms. The highest BCUT2D eigenvalue weighted by atomic mass is 32.1. The zero-order valence-corrected chi connectivity index (χ0v) is 15.1. The van der Waals surface area contributed by atoms with Gasteiger partial charge in [0.15, 0.2) is 0 Å². The van der Waals surface area contributed by atoms with Crippen LogP contribution in [0.25, 0.3) is 0 Å². The van der Waals surface area contributed by atoms with Crippen molar-refractivity contribution in [3.8, 4) is 0 Å². The van der Waals surface area contributed by atoms with Gasteiger partial charge in [-0.15, -0.1) is 11.3 Å². The topological polar surface area (TPSA) is 80.8 Å². The third-order valence-corrected chi connectivity index (χ3v) is 5.21. The van der Waals surface area contributed by atoms with Crippen LogP contribution < -0.4 is 5.32 Å². The summed E-state index contributed by atoms with van der Waals surface area (Å²) in [6.07, 6.45) is 4.11. The van der Waals surface area contributed by atoms with Gasteiger partial charge in [-0.2, -0.15) is 0 Å². The molecular formula is C17H25N3O4S. The maximum absolute atomic E-state index is 12.4. The minimum absolute atomic E-state index is 0.0730. The molecule has 2 fully saturated rings. The molecule has 7 nitrogen and oxygen atoms in total. The first-order valence-corrected chi connectivity index (χ1v) is 9.80. The molecule has 0 bridgehead atoms. The van der Waals surface area contributed by atoms with Gasteiger partial charge in [-0.3, -0.25) is 9.59 Å². The van der Waals surface area contributed by atoms with E-state index < -0.39 is 0 Å². The van der Waals surface area contributed by atoms with E-state index in [0.717, 1.165) is 31.4 Å². The Morgan fingerprint density at radius 3 is 3.20 bits per heavy atom. The van der Waals surface area contributed by atoms with Gasteiger partial charge in [-0.1, -0.05) is 6.42 Å². The van der Waals surface area contributed by atoms with Gasteiger partial charge >= 0.3 is 0 Å². The van der Waals surface area contributed by atoms with Crippen molar-refractivity contribution in [2.24, 2.45) is 0 Å². The molecule has 3 rings (SSSR count). The Morgan fingerprint density at radius 2 is 2.36 bits per heavy atom. The number of ether oxygens (including phenoxy) is 2. The van der Waals surface area contributed by atoms with Crippen LogP contribution in [0, 0.1) is 0 Å². The highest BCUT2D eigenvalue weighted by molar-refractivity contribution is 7.07. The van der Waals surface area contributed by atoms with Crippen LogP contribution >= 0.6 is 11.3 Å². The van der Waals surface area contributed by atoms with E-state index in [1.54, 1.807) is 10.4 Å². The van der Waals surface area contributed by atoms with Crippen molar-refractivity contribution in [2.45, 2.75) is 50.9 Å². The van der Waals surface area contributed by atoms with Gasteiger partial charge in [0.1, 0.15) is 0 Å². The summed E-state index contributed by atoms with van der Waals surface area (Å²) in [5.74, 6) is -0.0723. The van der Waals surface area contributed by atoms with E-state index in [9.17, 15) is 9.59 Å². The molecule has 0 saturated carbocycles. The Balaban J connectivity index is 1.49. The van der Waals surface area contributed by atoms with E-state index in [-0.39, 0.29) is 30.5 Å². The molecule has 0 unspecified atom stereocenters. The zero-order valence-electron chi connectivity index (χ0n) is 14.3. The number of rotatable bonds is 6. The zero-order chi connectivity index (χ0) is 17.5. The number of hydrogen-bond acceptors (Lipinski definition) is 6. The van der Waals surface area contributed by atoms with Crippen LogP contribution in [0.2, 0.25) is 0 Å². The minimum Gasteiger partial charge on any atom is -0.379 e. The fraction of sp³-hybridized carbons (Fsp3) is 0.706. The van der Waals surface area contributed by atoms with Gasteiger partial charge in [0.2, 0.25) is 11.8 Å². The van der Waals surface area contributed by atoms with E-state index >= 15 is 0 Å². The van der Waals surface area contributed by atoms with Crippen molar-refractivity contribution >= 4 is 23.2 Å². The monoisotopic (exact) mass is 367 g/mol. The predicted molar refractivity (Wildman–Crippen MR) is 93.1 cm³/mol. The molecule has 2 amide bonds. The molecule has 2 atom stereocenters. The summed E-state index contributed by atoms with van der Waals surface area (Å²) in [5.41, 5.74) is 2.68. The highest BCUT2D eigenvalue weighted by Gasteiger charge is 2.29. The third kappa shape index (κ3) is 5.49. The summed E-state index contributed by atoms with van der Waals surface area (Å²) in [6.45, 7) is 2.27. The van der Waals surface area contributed by atoms with Gasteiger partial charge in [-0.05, 0) is 19.3 Å². The molecule has 0 spiro atoms. The summed E-state index contributed by atoms with van der Waals surface area (Å²) in [7, 11) is 0. The molecule has 1 aromatic rings. The molecule has 1 aromatic heterocycles. The molecule has 0 radical (unpaired) electrons. The maximum atomic E-state index is 12.4. The minimum atomic E-state index is -0.193. The number of nitrogens with one attached hydrogen (secondary N) is 1. The second-order valence-corrected chi connectivity index (χ2v) is 7.21. The summed E-state index contributed by atoms with van der Waals surface area (Å²) < 4.78 is 11.4. The number of nitrogens with zero attached hydrogens (tertiary/aromatic N) is 2. The van der Waals surface area contributed by atoms with Gasteiger partial charge in [0, 0.05) is 25.0 Å². The van der Waals surface area contributed by atoms with Crippen LogP contribution in [0.15, 0.2) is 10.9 Å². The van der Waals surface area contributed by atoms with Gasteiger partial charge in [0.25, 0.3) is 0 Å². The second kappa shape index (κ2) is 9.26. The molecule has 2 saturated heterocycles. The van der Waals surface area contributed by atoms with E-state index in [0.29, 0.717) is 32.8 Å². The van der Waals surface area contributed by atoms with Crippen LogP contribution in [0.3, 0.4) is 0 Å². The van der Waals surface area contributed by atoms with Crippen LogP contribution in [0.4, 0.5) is 0 Å². The molecule has 0 aromatic carbocycles. The fourth-order valence-corrected chi connectivity index (χ4v) is 3.73. The molecule has 2 aliphatic rings. The van der Waals surface area contributed by atoms with E-state index in [1.165, 1.54) is 11.3 Å². The van der Waals surface area contributed by atoms with Crippen LogP contribution in [0.5, 0.6) is 0 Å². The van der Waals surface area contributed by atoms with E-state index in [4.69, 9.17) is 9.47 Å². The summed E-state index contributed by atoms with van der Waals surface area (Å²) in [5, 5.41) is 4.94. The number of thiazole rings is 1. The van der Waals surface area contributed by atoms with Crippen molar-refractivity contribution in [3.05, 3.63) is 16.6 Å². The molecule has 25 heavy (non-hydrogen) atoms. The van der Waals surface area contributed by atoms with Gasteiger partial charge in [0.05, 0.1) is 43.1 Å². The summed E-state index contributed by atoms with van der Waals surface area (Å²) >= 11 is 1.54. The first-order valence-electron chi connectivity index (χ1n) is 8.86. The molecule has 1 N–H and O–H groups in total. The number of aromatic nitrogens is 1. The standard InChI is InChI=1S/C17H25N3O4S/c21-16(8-20-6-3-1-2-4-17(20)22)19-14-10-23-7-5-15(14)24-9-13-11-25-12-18-13/h11-12,14-15H,1-10H2,(H,19,21)/t14-,15+/m1/s1. The quantitative estimate of drug-likeness (QED) is 0.821. The summed E-state index contributed by atoms with van der Waals surface area (Å²) in [6, 6.07) is -0.193. The molecule has 3 heterocycles. The average molecular weight is 367 g/mol. The Morgan fingerprint density at radius 1 is 1.44 bits per heavy atom. The highest BCUT2D eigenvalue weighted by Crippen LogP contribution is 2.15. The molecule has 138 valence electrons. The lowest BCUT2D eigenvalue weighted by Crippen LogP contribution is -2.53. The van der Waals surface area contributed by atoms with Crippen molar-refractivity contribution in [2.75, 3.05) is 26.3 Å². The number of amides is 2. The van der Waals surface area contributed by atoms with Crippen molar-refractivity contribution < 1.29 is 19.1 Å². The van der Waals surface area contributed by atoms with E-state index in [1.807, 2.05) is 5.38 Å². The van der Waals surface area contributed by atoms with Crippen LogP contribution in [0.1, 0.15) is 37.8 Å². The smallest absolute Gasteiger partial charge is 0.240 e. The number of likely N-dealkylation sites (tertiary alicyclic amines) is 1. The largest absolute Gasteiger partial charge is 0.379 e. The Hall–Kier alpha value is -1.51. The van der Waals surface area contributed by atoms with Crippen LogP contribution in [-0.2, 0) is 25.7 Å². The molecule has 2 aliphatic heterocycles.